The summed E-state index contributed by atoms with van der Waals surface area (Å²) in [5.74, 6) is -0.923. The first-order valence-corrected chi connectivity index (χ1v) is 7.12. The summed E-state index contributed by atoms with van der Waals surface area (Å²) in [6, 6.07) is 9.35. The maximum atomic E-state index is 14.1. The van der Waals surface area contributed by atoms with Crippen LogP contribution in [0, 0.1) is 12.9 Å². The van der Waals surface area contributed by atoms with Crippen LogP contribution in [0.5, 0.6) is 0 Å². The molecule has 0 saturated carbocycles. The molecule has 2 rings (SSSR count). The number of benzene rings is 1. The van der Waals surface area contributed by atoms with Crippen LogP contribution in [0.2, 0.25) is 0 Å². The highest BCUT2D eigenvalue weighted by Gasteiger charge is 2.25. The molecule has 0 unspecified atom stereocenters. The molecule has 1 aromatic carbocycles. The lowest BCUT2D eigenvalue weighted by molar-refractivity contribution is 0.0981. The molecule has 2 aromatic rings. The number of carbonyl (C=O) groups excluding carboxylic acids is 1. The van der Waals surface area contributed by atoms with E-state index in [1.807, 2.05) is 30.3 Å². The Morgan fingerprint density at radius 3 is 2.52 bits per heavy atom. The molecule has 0 aliphatic carbocycles. The molecule has 0 saturated heterocycles. The van der Waals surface area contributed by atoms with E-state index >= 15 is 0 Å². The number of anilines is 1. The third-order valence-corrected chi connectivity index (χ3v) is 3.41. The zero-order valence-electron chi connectivity index (χ0n) is 12.6. The van der Waals surface area contributed by atoms with Crippen LogP contribution in [0.3, 0.4) is 0 Å². The molecular weight excluding hydrogens is 269 g/mol. The number of rotatable bonds is 5. The molecule has 1 aromatic heterocycles. The third-order valence-electron chi connectivity index (χ3n) is 3.41. The maximum absolute atomic E-state index is 14.1. The van der Waals surface area contributed by atoms with Crippen molar-refractivity contribution >= 4 is 11.6 Å². The van der Waals surface area contributed by atoms with Crippen LogP contribution in [0.1, 0.15) is 35.8 Å². The lowest BCUT2D eigenvalue weighted by Gasteiger charge is -2.22. The van der Waals surface area contributed by atoms with Crippen molar-refractivity contribution < 1.29 is 9.18 Å². The number of aryl methyl sites for hydroxylation is 2. The van der Waals surface area contributed by atoms with Crippen LogP contribution in [-0.4, -0.2) is 22.2 Å². The number of hydrogen-bond acceptors (Lipinski definition) is 2. The second kappa shape index (κ2) is 6.52. The van der Waals surface area contributed by atoms with Crippen molar-refractivity contribution in [1.29, 1.82) is 0 Å². The summed E-state index contributed by atoms with van der Waals surface area (Å²) in [7, 11) is 1.50. The van der Waals surface area contributed by atoms with E-state index in [2.05, 4.69) is 12.0 Å². The fourth-order valence-electron chi connectivity index (χ4n) is 2.28. The van der Waals surface area contributed by atoms with Gasteiger partial charge in [0.05, 0.1) is 5.69 Å². The Labute approximate surface area is 124 Å². The third kappa shape index (κ3) is 3.12. The van der Waals surface area contributed by atoms with E-state index in [0.717, 1.165) is 23.2 Å². The molecule has 0 N–H and O–H groups in total. The van der Waals surface area contributed by atoms with Gasteiger partial charge in [0.15, 0.2) is 0 Å². The number of amides is 1. The van der Waals surface area contributed by atoms with Crippen molar-refractivity contribution in [3.8, 4) is 0 Å². The fourth-order valence-corrected chi connectivity index (χ4v) is 2.28. The van der Waals surface area contributed by atoms with Gasteiger partial charge in [0, 0.05) is 19.3 Å². The molecule has 0 radical (unpaired) electrons. The summed E-state index contributed by atoms with van der Waals surface area (Å²) in [6.45, 7) is 4.27. The topological polar surface area (TPSA) is 38.1 Å². The quantitative estimate of drug-likeness (QED) is 0.847. The number of nitrogens with zero attached hydrogens (tertiary/aromatic N) is 3. The number of aromatic nitrogens is 2. The van der Waals surface area contributed by atoms with Crippen LogP contribution in [0.4, 0.5) is 10.1 Å². The van der Waals surface area contributed by atoms with E-state index in [1.165, 1.54) is 7.05 Å². The zero-order valence-corrected chi connectivity index (χ0v) is 12.6. The van der Waals surface area contributed by atoms with Crippen molar-refractivity contribution in [2.45, 2.75) is 26.7 Å². The van der Waals surface area contributed by atoms with Gasteiger partial charge >= 0.3 is 0 Å². The van der Waals surface area contributed by atoms with E-state index in [1.54, 1.807) is 11.8 Å². The van der Waals surface area contributed by atoms with Gasteiger partial charge in [-0.1, -0.05) is 31.5 Å². The normalized spacial score (nSPS) is 10.7. The predicted octanol–water partition coefficient (Wildman–Crippen LogP) is 3.31. The molecule has 1 heterocycles. The highest BCUT2D eigenvalue weighted by Crippen LogP contribution is 2.21. The number of para-hydroxylation sites is 1. The summed E-state index contributed by atoms with van der Waals surface area (Å²) in [4.78, 5) is 14.4. The van der Waals surface area contributed by atoms with Gasteiger partial charge in [0.1, 0.15) is 5.56 Å². The van der Waals surface area contributed by atoms with Crippen LogP contribution in [0.25, 0.3) is 0 Å². The van der Waals surface area contributed by atoms with Crippen molar-refractivity contribution in [2.24, 2.45) is 7.05 Å². The van der Waals surface area contributed by atoms with E-state index in [0.29, 0.717) is 12.2 Å². The SMILES string of the molecule is CCCCN(C(=O)c1c(C)nn(C)c1F)c1ccccc1. The smallest absolute Gasteiger partial charge is 0.264 e. The van der Waals surface area contributed by atoms with E-state index in [4.69, 9.17) is 0 Å². The molecule has 21 heavy (non-hydrogen) atoms. The van der Waals surface area contributed by atoms with Gasteiger partial charge in [-0.2, -0.15) is 9.49 Å². The Morgan fingerprint density at radius 2 is 2.00 bits per heavy atom. The monoisotopic (exact) mass is 289 g/mol. The average molecular weight is 289 g/mol. The van der Waals surface area contributed by atoms with Gasteiger partial charge in [-0.05, 0) is 25.5 Å². The van der Waals surface area contributed by atoms with Gasteiger partial charge in [0.25, 0.3) is 5.91 Å². The number of halogens is 1. The second-order valence-corrected chi connectivity index (χ2v) is 5.02. The van der Waals surface area contributed by atoms with Crippen LogP contribution in [0.15, 0.2) is 30.3 Å². The van der Waals surface area contributed by atoms with E-state index in [9.17, 15) is 9.18 Å². The van der Waals surface area contributed by atoms with Crippen molar-refractivity contribution in [3.05, 3.63) is 47.5 Å². The summed E-state index contributed by atoms with van der Waals surface area (Å²) in [5, 5.41) is 3.98. The molecule has 0 aliphatic heterocycles. The molecule has 0 spiro atoms. The largest absolute Gasteiger partial charge is 0.308 e. The minimum absolute atomic E-state index is 0.0532. The van der Waals surface area contributed by atoms with Crippen LogP contribution < -0.4 is 4.90 Å². The van der Waals surface area contributed by atoms with Gasteiger partial charge in [-0.3, -0.25) is 4.79 Å². The second-order valence-electron chi connectivity index (χ2n) is 5.02. The van der Waals surface area contributed by atoms with E-state index in [-0.39, 0.29) is 11.5 Å². The molecule has 4 nitrogen and oxygen atoms in total. The van der Waals surface area contributed by atoms with Gasteiger partial charge < -0.3 is 4.90 Å². The predicted molar refractivity (Wildman–Crippen MR) is 80.9 cm³/mol. The molecule has 0 bridgehead atoms. The molecule has 0 aliphatic rings. The standard InChI is InChI=1S/C16H20FN3O/c1-4-5-11-20(13-9-7-6-8-10-13)16(21)14-12(2)18-19(3)15(14)17/h6-10H,4-5,11H2,1-3H3. The molecule has 112 valence electrons. The Hall–Kier alpha value is -2.17. The van der Waals surface area contributed by atoms with Gasteiger partial charge in [-0.25, -0.2) is 4.68 Å². The zero-order chi connectivity index (χ0) is 15.4. The Morgan fingerprint density at radius 1 is 1.33 bits per heavy atom. The minimum Gasteiger partial charge on any atom is -0.308 e. The lowest BCUT2D eigenvalue weighted by atomic mass is 10.2. The lowest BCUT2D eigenvalue weighted by Crippen LogP contribution is -2.32. The number of hydrogen-bond donors (Lipinski definition) is 0. The van der Waals surface area contributed by atoms with Crippen LogP contribution >= 0.6 is 0 Å². The molecular formula is C16H20FN3O. The first-order valence-electron chi connectivity index (χ1n) is 7.12. The molecule has 0 fully saturated rings. The highest BCUT2D eigenvalue weighted by atomic mass is 19.1. The summed E-state index contributed by atoms with van der Waals surface area (Å²) < 4.78 is 15.2. The summed E-state index contributed by atoms with van der Waals surface area (Å²) in [6.07, 6.45) is 1.83. The molecule has 5 heteroatoms. The summed E-state index contributed by atoms with van der Waals surface area (Å²) >= 11 is 0. The highest BCUT2D eigenvalue weighted by molar-refractivity contribution is 6.06. The van der Waals surface area contributed by atoms with E-state index < -0.39 is 5.95 Å². The number of unbranched alkanes of at least 4 members (excludes halogenated alkanes) is 1. The number of carbonyl (C=O) groups is 1. The summed E-state index contributed by atoms with van der Waals surface area (Å²) in [5.41, 5.74) is 1.24. The van der Waals surface area contributed by atoms with Crippen molar-refractivity contribution in [2.75, 3.05) is 11.4 Å². The van der Waals surface area contributed by atoms with Crippen LogP contribution in [-0.2, 0) is 7.05 Å². The average Bonchev–Trinajstić information content (AvgIpc) is 2.73. The Balaban J connectivity index is 2.39. The maximum Gasteiger partial charge on any atom is 0.264 e. The van der Waals surface area contributed by atoms with Crippen molar-refractivity contribution in [1.82, 2.24) is 9.78 Å². The fraction of sp³-hybridized carbons (Fsp3) is 0.375. The first kappa shape index (κ1) is 15.2. The van der Waals surface area contributed by atoms with Gasteiger partial charge in [0.2, 0.25) is 5.95 Å². The molecule has 0 atom stereocenters. The minimum atomic E-state index is -0.588. The Bertz CT molecular complexity index is 622. The Kier molecular flexibility index (Phi) is 4.73. The van der Waals surface area contributed by atoms with Gasteiger partial charge in [-0.15, -0.1) is 0 Å². The van der Waals surface area contributed by atoms with Crippen molar-refractivity contribution in [3.63, 3.8) is 0 Å². The first-order chi connectivity index (χ1) is 10.1. The molecule has 1 amide bonds.